The van der Waals surface area contributed by atoms with Crippen molar-refractivity contribution in [2.24, 2.45) is 7.05 Å². The largest absolute Gasteiger partial charge is 0.511 e. The molecule has 0 fully saturated rings. The predicted octanol–water partition coefficient (Wildman–Crippen LogP) is 2.20. The van der Waals surface area contributed by atoms with Crippen molar-refractivity contribution >= 4 is 21.8 Å². The number of hydrogen-bond acceptors (Lipinski definition) is 10. The van der Waals surface area contributed by atoms with Gasteiger partial charge in [0.05, 0.1) is 19.4 Å². The average molecular weight is 485 g/mol. The first kappa shape index (κ1) is 26.1. The molecule has 1 atom stereocenters. The van der Waals surface area contributed by atoms with Crippen LogP contribution in [0.2, 0.25) is 0 Å². The van der Waals surface area contributed by atoms with Gasteiger partial charge in [-0.2, -0.15) is 5.10 Å². The summed E-state index contributed by atoms with van der Waals surface area (Å²) in [6.45, 7) is 5.02. The number of carbonyl (C=O) groups excluding carboxylic acids is 2. The van der Waals surface area contributed by atoms with Crippen LogP contribution in [-0.2, 0) is 31.1 Å². The normalized spacial score (nSPS) is 12.2. The van der Waals surface area contributed by atoms with E-state index in [2.05, 4.69) is 9.84 Å². The third kappa shape index (κ3) is 6.02. The summed E-state index contributed by atoms with van der Waals surface area (Å²) in [7, 11) is 0.603. The maximum absolute atomic E-state index is 13.5. The van der Waals surface area contributed by atoms with Crippen molar-refractivity contribution in [1.82, 2.24) is 9.78 Å². The summed E-state index contributed by atoms with van der Waals surface area (Å²) in [6.07, 6.45) is -0.952. The lowest BCUT2D eigenvalue weighted by atomic mass is 9.98. The van der Waals surface area contributed by atoms with E-state index in [-0.39, 0.29) is 40.9 Å². The van der Waals surface area contributed by atoms with Crippen LogP contribution >= 0.6 is 0 Å². The van der Waals surface area contributed by atoms with Gasteiger partial charge in [-0.1, -0.05) is 0 Å². The van der Waals surface area contributed by atoms with E-state index >= 15 is 0 Å². The highest BCUT2D eigenvalue weighted by molar-refractivity contribution is 7.90. The fourth-order valence-electron chi connectivity index (χ4n) is 3.14. The van der Waals surface area contributed by atoms with Crippen LogP contribution in [0.4, 0.5) is 4.79 Å². The van der Waals surface area contributed by atoms with Crippen molar-refractivity contribution in [2.75, 3.05) is 33.7 Å². The Morgan fingerprint density at radius 3 is 2.39 bits per heavy atom. The molecular weight excluding hydrogens is 456 g/mol. The molecule has 2 aromatic rings. The Morgan fingerprint density at radius 1 is 1.15 bits per heavy atom. The number of rotatable bonds is 10. The Kier molecular flexibility index (Phi) is 8.45. The van der Waals surface area contributed by atoms with Crippen molar-refractivity contribution in [1.29, 1.82) is 0 Å². The summed E-state index contributed by atoms with van der Waals surface area (Å²) in [5.74, 6) is -0.316. The van der Waals surface area contributed by atoms with Crippen molar-refractivity contribution < 1.29 is 41.7 Å². The molecule has 1 unspecified atom stereocenters. The van der Waals surface area contributed by atoms with Gasteiger partial charge in [-0.3, -0.25) is 4.79 Å². The fraction of sp³-hybridized carbons (Fsp3) is 0.476. The lowest BCUT2D eigenvalue weighted by molar-refractivity contribution is -0.0510. The van der Waals surface area contributed by atoms with Crippen LogP contribution < -0.4 is 9.47 Å². The lowest BCUT2D eigenvalue weighted by Crippen LogP contribution is -2.23. The molecular formula is C21H28N2O9S. The summed E-state index contributed by atoms with van der Waals surface area (Å²) >= 11 is 0. The van der Waals surface area contributed by atoms with Gasteiger partial charge in [-0.15, -0.1) is 0 Å². The van der Waals surface area contributed by atoms with E-state index in [4.69, 9.17) is 18.9 Å². The second-order valence-electron chi connectivity index (χ2n) is 7.15. The molecule has 1 aromatic carbocycles. The first-order chi connectivity index (χ1) is 15.4. The molecule has 182 valence electrons. The van der Waals surface area contributed by atoms with E-state index in [1.54, 1.807) is 20.9 Å². The molecule has 11 nitrogen and oxygen atoms in total. The first-order valence-corrected chi connectivity index (χ1v) is 11.8. The van der Waals surface area contributed by atoms with Gasteiger partial charge in [0.1, 0.15) is 22.8 Å². The Morgan fingerprint density at radius 2 is 1.82 bits per heavy atom. The standard InChI is InChI=1S/C21H28N2O9S/c1-12-15(8-9-16(33(7,26)27)19(12)30-11-10-28-5)18(24)17-13(2)22-23(4)20(17)31-14(3)32-21(25)29-6/h8-9,14H,10-11H2,1-7H3. The van der Waals surface area contributed by atoms with Gasteiger partial charge in [-0.25, -0.2) is 17.9 Å². The van der Waals surface area contributed by atoms with E-state index < -0.39 is 28.1 Å². The number of methoxy groups -OCH3 is 2. The molecule has 0 spiro atoms. The quantitative estimate of drug-likeness (QED) is 0.214. The van der Waals surface area contributed by atoms with Gasteiger partial charge in [0.15, 0.2) is 9.84 Å². The Labute approximate surface area is 192 Å². The number of hydrogen-bond donors (Lipinski definition) is 0. The van der Waals surface area contributed by atoms with Crippen LogP contribution in [-0.4, -0.2) is 70.1 Å². The van der Waals surface area contributed by atoms with Crippen LogP contribution in [0.3, 0.4) is 0 Å². The monoisotopic (exact) mass is 484 g/mol. The molecule has 0 saturated carbocycles. The highest BCUT2D eigenvalue weighted by Gasteiger charge is 2.29. The number of carbonyl (C=O) groups is 2. The van der Waals surface area contributed by atoms with Crippen molar-refractivity contribution in [3.63, 3.8) is 0 Å². The lowest BCUT2D eigenvalue weighted by Gasteiger charge is -2.17. The van der Waals surface area contributed by atoms with E-state index in [0.29, 0.717) is 11.3 Å². The third-order valence-corrected chi connectivity index (χ3v) is 5.77. The number of aryl methyl sites for hydroxylation is 2. The van der Waals surface area contributed by atoms with Gasteiger partial charge in [0.25, 0.3) is 0 Å². The molecule has 0 bridgehead atoms. The molecule has 0 aliphatic heterocycles. The van der Waals surface area contributed by atoms with Crippen LogP contribution in [0.15, 0.2) is 17.0 Å². The van der Waals surface area contributed by atoms with E-state index in [0.717, 1.165) is 13.4 Å². The highest BCUT2D eigenvalue weighted by Crippen LogP contribution is 2.34. The Balaban J connectivity index is 2.53. The van der Waals surface area contributed by atoms with Crippen LogP contribution in [0, 0.1) is 13.8 Å². The van der Waals surface area contributed by atoms with Gasteiger partial charge in [-0.05, 0) is 26.0 Å². The third-order valence-electron chi connectivity index (χ3n) is 4.65. The smallest absolute Gasteiger partial charge is 0.490 e. The summed E-state index contributed by atoms with van der Waals surface area (Å²) < 4.78 is 51.5. The zero-order valence-corrected chi connectivity index (χ0v) is 20.4. The topological polar surface area (TPSA) is 132 Å². The average Bonchev–Trinajstić information content (AvgIpc) is 3.00. The second-order valence-corrected chi connectivity index (χ2v) is 9.14. The van der Waals surface area contributed by atoms with E-state index in [9.17, 15) is 18.0 Å². The molecule has 0 aliphatic rings. The molecule has 12 heteroatoms. The number of aromatic nitrogens is 2. The van der Waals surface area contributed by atoms with Crippen LogP contribution in [0.1, 0.15) is 34.1 Å². The molecule has 2 rings (SSSR count). The van der Waals surface area contributed by atoms with Crippen LogP contribution in [0.5, 0.6) is 11.6 Å². The van der Waals surface area contributed by atoms with Gasteiger partial charge in [0, 0.05) is 38.5 Å². The Hall–Kier alpha value is -3.12. The number of benzene rings is 1. The Bertz CT molecular complexity index is 1140. The second kappa shape index (κ2) is 10.7. The molecule has 0 aliphatic carbocycles. The minimum atomic E-state index is -3.62. The molecule has 33 heavy (non-hydrogen) atoms. The van der Waals surface area contributed by atoms with Gasteiger partial charge >= 0.3 is 6.16 Å². The van der Waals surface area contributed by atoms with Crippen molar-refractivity contribution in [3.8, 4) is 11.6 Å². The molecule has 0 saturated heterocycles. The summed E-state index contributed by atoms with van der Waals surface area (Å²) in [5.41, 5.74) is 1.05. The predicted molar refractivity (Wildman–Crippen MR) is 117 cm³/mol. The first-order valence-electron chi connectivity index (χ1n) is 9.87. The molecule has 0 N–H and O–H groups in total. The SMILES string of the molecule is COCCOc1c(S(C)(=O)=O)ccc(C(=O)c2c(C)nn(C)c2OC(C)OC(=O)OC)c1C. The van der Waals surface area contributed by atoms with Gasteiger partial charge in [0.2, 0.25) is 18.0 Å². The minimum Gasteiger partial charge on any atom is -0.490 e. The van der Waals surface area contributed by atoms with E-state index in [1.165, 1.54) is 30.8 Å². The zero-order chi connectivity index (χ0) is 24.9. The van der Waals surface area contributed by atoms with Crippen LogP contribution in [0.25, 0.3) is 0 Å². The number of sulfone groups is 1. The maximum atomic E-state index is 13.5. The molecule has 0 amide bonds. The maximum Gasteiger partial charge on any atom is 0.511 e. The fourth-order valence-corrected chi connectivity index (χ4v) is 4.01. The minimum absolute atomic E-state index is 0.0351. The summed E-state index contributed by atoms with van der Waals surface area (Å²) in [6, 6.07) is 2.74. The highest BCUT2D eigenvalue weighted by atomic mass is 32.2. The molecule has 1 heterocycles. The van der Waals surface area contributed by atoms with Gasteiger partial charge < -0.3 is 23.7 Å². The zero-order valence-electron chi connectivity index (χ0n) is 19.6. The number of nitrogens with zero attached hydrogens (tertiary/aromatic N) is 2. The van der Waals surface area contributed by atoms with Crippen molar-refractivity contribution in [3.05, 3.63) is 34.5 Å². The molecule has 1 aromatic heterocycles. The van der Waals surface area contributed by atoms with E-state index in [1.807, 2.05) is 0 Å². The van der Waals surface area contributed by atoms with Crippen molar-refractivity contribution in [2.45, 2.75) is 32.0 Å². The molecule has 0 radical (unpaired) electrons. The summed E-state index contributed by atoms with van der Waals surface area (Å²) in [4.78, 5) is 24.9. The number of ketones is 1. The number of ether oxygens (including phenoxy) is 5. The summed E-state index contributed by atoms with van der Waals surface area (Å²) in [5, 5.41) is 4.23.